The fourth-order valence-corrected chi connectivity index (χ4v) is 8.48. The number of aromatic carboxylic acids is 1. The molecule has 3 fully saturated rings. The SMILES string of the molecule is COc1cc(C=CC2C3=CCC4C(=O)N(c5ccc(C(=O)O)c(O)c5)C(=O)C4C3CC3(Cl)C(=O)N(CBr)C(=O)C23Cl)ccc1O. The zero-order valence-electron chi connectivity index (χ0n) is 23.4. The number of imide groups is 2. The van der Waals surface area contributed by atoms with E-state index in [1.54, 1.807) is 30.4 Å². The zero-order chi connectivity index (χ0) is 32.6. The number of benzene rings is 2. The molecule has 2 aromatic carbocycles. The molecular weight excluding hydrogens is 695 g/mol. The largest absolute Gasteiger partial charge is 0.507 e. The third kappa shape index (κ3) is 4.33. The summed E-state index contributed by atoms with van der Waals surface area (Å²) in [5, 5.41) is 29.6. The van der Waals surface area contributed by atoms with Gasteiger partial charge in [-0.05, 0) is 48.6 Å². The van der Waals surface area contributed by atoms with Crippen LogP contribution in [-0.4, -0.2) is 72.1 Å². The van der Waals surface area contributed by atoms with E-state index >= 15 is 0 Å². The van der Waals surface area contributed by atoms with Gasteiger partial charge in [0.2, 0.25) is 11.8 Å². The van der Waals surface area contributed by atoms with E-state index in [-0.39, 0.29) is 35.5 Å². The Labute approximate surface area is 274 Å². The van der Waals surface area contributed by atoms with Crippen molar-refractivity contribution in [3.8, 4) is 17.2 Å². The third-order valence-electron chi connectivity index (χ3n) is 9.23. The van der Waals surface area contributed by atoms with Crippen molar-refractivity contribution in [2.45, 2.75) is 22.6 Å². The molecule has 6 unspecified atom stereocenters. The molecule has 6 rings (SSSR count). The average molecular weight is 720 g/mol. The summed E-state index contributed by atoms with van der Waals surface area (Å²) in [6.45, 7) is 0. The van der Waals surface area contributed by atoms with E-state index in [1.165, 1.54) is 19.2 Å². The maximum Gasteiger partial charge on any atom is 0.339 e. The molecule has 4 amide bonds. The van der Waals surface area contributed by atoms with E-state index in [9.17, 15) is 39.3 Å². The van der Waals surface area contributed by atoms with Crippen LogP contribution in [0.15, 0.2) is 54.1 Å². The van der Waals surface area contributed by atoms with Crippen molar-refractivity contribution in [1.29, 1.82) is 0 Å². The quantitative estimate of drug-likeness (QED) is 0.171. The number of allylic oxidation sites excluding steroid dienone is 3. The minimum Gasteiger partial charge on any atom is -0.507 e. The lowest BCUT2D eigenvalue weighted by Crippen LogP contribution is -2.60. The van der Waals surface area contributed by atoms with Gasteiger partial charge >= 0.3 is 5.97 Å². The van der Waals surface area contributed by atoms with Crippen molar-refractivity contribution < 1.29 is 44.0 Å². The van der Waals surface area contributed by atoms with Crippen LogP contribution in [-0.2, 0) is 19.2 Å². The molecule has 6 atom stereocenters. The van der Waals surface area contributed by atoms with E-state index in [0.29, 0.717) is 11.1 Å². The van der Waals surface area contributed by atoms with Crippen LogP contribution in [0.1, 0.15) is 28.8 Å². The Balaban J connectivity index is 1.45. The van der Waals surface area contributed by atoms with Gasteiger partial charge in [-0.15, -0.1) is 23.2 Å². The highest BCUT2D eigenvalue weighted by atomic mass is 79.9. The van der Waals surface area contributed by atoms with Crippen molar-refractivity contribution in [3.05, 3.63) is 65.3 Å². The number of carboxylic acids is 1. The number of phenolic OH excluding ortho intramolecular Hbond substituents is 1. The molecule has 11 nitrogen and oxygen atoms in total. The van der Waals surface area contributed by atoms with Crippen LogP contribution in [0.4, 0.5) is 5.69 Å². The minimum absolute atomic E-state index is 0.00171. The second-order valence-electron chi connectivity index (χ2n) is 11.3. The average Bonchev–Trinajstić information content (AvgIpc) is 3.34. The van der Waals surface area contributed by atoms with Gasteiger partial charge in [0.25, 0.3) is 11.8 Å². The summed E-state index contributed by atoms with van der Waals surface area (Å²) in [6, 6.07) is 8.03. The number of carboxylic acid groups (broad SMARTS) is 1. The van der Waals surface area contributed by atoms with Crippen molar-refractivity contribution in [2.24, 2.45) is 23.7 Å². The number of carbonyl (C=O) groups is 5. The molecule has 2 aliphatic heterocycles. The summed E-state index contributed by atoms with van der Waals surface area (Å²) < 4.78 is 5.20. The second-order valence-corrected chi connectivity index (χ2v) is 13.1. The van der Waals surface area contributed by atoms with Gasteiger partial charge in [0.1, 0.15) is 11.3 Å². The van der Waals surface area contributed by atoms with Crippen LogP contribution in [0.25, 0.3) is 6.08 Å². The Kier molecular flexibility index (Phi) is 7.53. The number of nitrogens with zero attached hydrogens (tertiary/aromatic N) is 2. The number of halogens is 3. The molecule has 14 heteroatoms. The first-order valence-electron chi connectivity index (χ1n) is 13.8. The predicted octanol–water partition coefficient (Wildman–Crippen LogP) is 4.27. The normalized spacial score (nSPS) is 30.8. The zero-order valence-corrected chi connectivity index (χ0v) is 26.5. The molecule has 0 bridgehead atoms. The van der Waals surface area contributed by atoms with Gasteiger partial charge < -0.3 is 20.1 Å². The summed E-state index contributed by atoms with van der Waals surface area (Å²) in [5.41, 5.74) is 0.612. The Morgan fingerprint density at radius 2 is 1.78 bits per heavy atom. The maximum atomic E-state index is 14.0. The van der Waals surface area contributed by atoms with Crippen LogP contribution in [0.3, 0.4) is 0 Å². The highest BCUT2D eigenvalue weighted by Gasteiger charge is 2.75. The number of likely N-dealkylation sites (tertiary alicyclic amines) is 1. The van der Waals surface area contributed by atoms with Crippen LogP contribution in [0.5, 0.6) is 17.2 Å². The van der Waals surface area contributed by atoms with Crippen LogP contribution in [0.2, 0.25) is 0 Å². The van der Waals surface area contributed by atoms with Gasteiger partial charge in [0.15, 0.2) is 21.2 Å². The molecule has 2 aromatic rings. The summed E-state index contributed by atoms with van der Waals surface area (Å²) in [6.07, 6.45) is 4.98. The number of methoxy groups -OCH3 is 1. The highest BCUT2D eigenvalue weighted by molar-refractivity contribution is 9.09. The fraction of sp³-hybridized carbons (Fsp3) is 0.323. The minimum atomic E-state index is -1.97. The lowest BCUT2D eigenvalue weighted by atomic mass is 9.57. The van der Waals surface area contributed by atoms with Gasteiger partial charge in [-0.3, -0.25) is 24.1 Å². The molecule has 1 saturated carbocycles. The number of anilines is 1. The number of amides is 4. The smallest absolute Gasteiger partial charge is 0.339 e. The number of hydrogen-bond acceptors (Lipinski definition) is 8. The lowest BCUT2D eigenvalue weighted by Gasteiger charge is -2.49. The molecule has 2 aliphatic carbocycles. The van der Waals surface area contributed by atoms with E-state index < -0.39 is 74.3 Å². The molecule has 3 N–H and O–H groups in total. The van der Waals surface area contributed by atoms with E-state index in [0.717, 1.165) is 21.9 Å². The predicted molar refractivity (Wildman–Crippen MR) is 165 cm³/mol. The number of phenols is 2. The molecule has 45 heavy (non-hydrogen) atoms. The van der Waals surface area contributed by atoms with E-state index in [2.05, 4.69) is 15.9 Å². The number of fused-ring (bicyclic) bond motifs is 4. The Bertz CT molecular complexity index is 1760. The van der Waals surface area contributed by atoms with Crippen molar-refractivity contribution in [3.63, 3.8) is 0 Å². The Hall–Kier alpha value is -3.87. The van der Waals surface area contributed by atoms with Crippen LogP contribution >= 0.6 is 39.1 Å². The summed E-state index contributed by atoms with van der Waals surface area (Å²) in [5.74, 6) is -7.99. The topological polar surface area (TPSA) is 162 Å². The molecule has 0 radical (unpaired) electrons. The first-order valence-corrected chi connectivity index (χ1v) is 15.7. The van der Waals surface area contributed by atoms with Gasteiger partial charge in [0, 0.05) is 12.0 Å². The number of alkyl halides is 3. The summed E-state index contributed by atoms with van der Waals surface area (Å²) in [7, 11) is 1.40. The Morgan fingerprint density at radius 3 is 2.42 bits per heavy atom. The number of carbonyl (C=O) groups excluding carboxylic acids is 4. The van der Waals surface area contributed by atoms with E-state index in [1.807, 2.05) is 0 Å². The fourth-order valence-electron chi connectivity index (χ4n) is 7.10. The lowest BCUT2D eigenvalue weighted by molar-refractivity contribution is -0.138. The third-order valence-corrected chi connectivity index (χ3v) is 11.2. The van der Waals surface area contributed by atoms with Gasteiger partial charge in [-0.25, -0.2) is 9.69 Å². The molecule has 0 spiro atoms. The van der Waals surface area contributed by atoms with Gasteiger partial charge in [0.05, 0.1) is 30.1 Å². The second kappa shape index (κ2) is 10.9. The van der Waals surface area contributed by atoms with Crippen molar-refractivity contribution in [2.75, 3.05) is 17.5 Å². The van der Waals surface area contributed by atoms with Crippen LogP contribution < -0.4 is 9.64 Å². The highest BCUT2D eigenvalue weighted by Crippen LogP contribution is 2.63. The number of ether oxygens (including phenoxy) is 1. The summed E-state index contributed by atoms with van der Waals surface area (Å²) in [4.78, 5) is 64.5. The molecule has 2 heterocycles. The molecule has 2 saturated heterocycles. The molecular formula is C31H25BrCl2N2O9. The van der Waals surface area contributed by atoms with Gasteiger partial charge in [-0.1, -0.05) is 45.8 Å². The van der Waals surface area contributed by atoms with Crippen molar-refractivity contribution in [1.82, 2.24) is 4.90 Å². The molecule has 0 aromatic heterocycles. The Morgan fingerprint density at radius 1 is 1.04 bits per heavy atom. The van der Waals surface area contributed by atoms with Crippen LogP contribution in [0, 0.1) is 23.7 Å². The number of rotatable bonds is 6. The number of aromatic hydroxyl groups is 2. The molecule has 4 aliphatic rings. The van der Waals surface area contributed by atoms with Gasteiger partial charge in [-0.2, -0.15) is 0 Å². The standard InChI is InChI=1S/C31H25BrCl2N2O9/c1-45-23-10-14(3-9-21(23)37)2-8-20-16-6-7-18-24(19(16)12-30(33)28(43)35(13-32)29(44)31(20,30)34)26(40)36(25(18)39)15-4-5-17(27(41)42)22(38)11-15/h2-6,8-11,18-20,24,37-38H,7,12-13H2,1H3,(H,41,42). The molecule has 234 valence electrons. The first-order chi connectivity index (χ1) is 21.3. The maximum absolute atomic E-state index is 14.0. The first kappa shape index (κ1) is 31.1. The number of hydrogen-bond donors (Lipinski definition) is 3. The summed E-state index contributed by atoms with van der Waals surface area (Å²) >= 11 is 17.5. The van der Waals surface area contributed by atoms with E-state index in [4.69, 9.17) is 27.9 Å². The van der Waals surface area contributed by atoms with Crippen molar-refractivity contribution >= 4 is 80.5 Å². The monoisotopic (exact) mass is 718 g/mol.